The van der Waals surface area contributed by atoms with Crippen LogP contribution in [-0.4, -0.2) is 35.0 Å². The molecule has 0 aliphatic heterocycles. The lowest BCUT2D eigenvalue weighted by Crippen LogP contribution is -2.34. The van der Waals surface area contributed by atoms with Gasteiger partial charge in [-0.3, -0.25) is 19.4 Å². The van der Waals surface area contributed by atoms with Crippen LogP contribution in [0.4, 0.5) is 5.69 Å². The molecular formula is C22H23N3O5. The Balaban J connectivity index is 1.63. The van der Waals surface area contributed by atoms with Gasteiger partial charge in [-0.15, -0.1) is 0 Å². The molecule has 0 atom stereocenters. The summed E-state index contributed by atoms with van der Waals surface area (Å²) in [6.07, 6.45) is 0.0232. The van der Waals surface area contributed by atoms with Gasteiger partial charge in [0.25, 0.3) is 11.5 Å². The SMILES string of the molecule is CCN(C(=O)COC(=O)CCc1c(C)[nH]c(=O)[nH]c1=O)c1cccc2ccccc12. The van der Waals surface area contributed by atoms with Crippen molar-refractivity contribution in [1.82, 2.24) is 9.97 Å². The van der Waals surface area contributed by atoms with Crippen molar-refractivity contribution in [1.29, 1.82) is 0 Å². The molecule has 0 aliphatic rings. The van der Waals surface area contributed by atoms with Gasteiger partial charge >= 0.3 is 11.7 Å². The van der Waals surface area contributed by atoms with Crippen molar-refractivity contribution in [3.63, 3.8) is 0 Å². The van der Waals surface area contributed by atoms with E-state index in [1.807, 2.05) is 49.4 Å². The lowest BCUT2D eigenvalue weighted by molar-refractivity contribution is -0.147. The Morgan fingerprint density at radius 3 is 2.50 bits per heavy atom. The van der Waals surface area contributed by atoms with Gasteiger partial charge in [0.05, 0.1) is 5.69 Å². The number of aryl methyl sites for hydroxylation is 1. The number of nitrogens with one attached hydrogen (secondary N) is 2. The van der Waals surface area contributed by atoms with E-state index in [4.69, 9.17) is 4.74 Å². The normalized spacial score (nSPS) is 10.7. The quantitative estimate of drug-likeness (QED) is 0.580. The molecule has 1 heterocycles. The van der Waals surface area contributed by atoms with Crippen LogP contribution in [0.3, 0.4) is 0 Å². The molecule has 3 rings (SSSR count). The van der Waals surface area contributed by atoms with Crippen LogP contribution < -0.4 is 16.1 Å². The molecule has 3 aromatic rings. The largest absolute Gasteiger partial charge is 0.456 e. The topological polar surface area (TPSA) is 112 Å². The number of benzene rings is 2. The summed E-state index contributed by atoms with van der Waals surface area (Å²) in [5.74, 6) is -0.928. The van der Waals surface area contributed by atoms with Gasteiger partial charge in [0, 0.05) is 29.6 Å². The van der Waals surface area contributed by atoms with E-state index < -0.39 is 23.8 Å². The van der Waals surface area contributed by atoms with Gasteiger partial charge in [0.1, 0.15) is 0 Å². The summed E-state index contributed by atoms with van der Waals surface area (Å²) in [6.45, 7) is 3.48. The molecule has 0 spiro atoms. The second-order valence-electron chi connectivity index (χ2n) is 6.81. The first kappa shape index (κ1) is 21.0. The molecule has 156 valence electrons. The van der Waals surface area contributed by atoms with Crippen LogP contribution in [0.2, 0.25) is 0 Å². The van der Waals surface area contributed by atoms with Crippen LogP contribution in [0.1, 0.15) is 24.6 Å². The van der Waals surface area contributed by atoms with E-state index in [0.717, 1.165) is 16.5 Å². The fourth-order valence-corrected chi connectivity index (χ4v) is 3.37. The van der Waals surface area contributed by atoms with E-state index in [-0.39, 0.29) is 18.7 Å². The zero-order chi connectivity index (χ0) is 21.7. The summed E-state index contributed by atoms with van der Waals surface area (Å²) in [5.41, 5.74) is 0.340. The minimum Gasteiger partial charge on any atom is -0.456 e. The van der Waals surface area contributed by atoms with Crippen molar-refractivity contribution in [3.8, 4) is 0 Å². The molecule has 0 aliphatic carbocycles. The Morgan fingerprint density at radius 2 is 1.77 bits per heavy atom. The van der Waals surface area contributed by atoms with Crippen LogP contribution in [0.25, 0.3) is 10.8 Å². The number of nitrogens with zero attached hydrogens (tertiary/aromatic N) is 1. The van der Waals surface area contributed by atoms with Crippen LogP contribution in [0.15, 0.2) is 52.1 Å². The number of likely N-dealkylation sites (N-methyl/N-ethyl adjacent to an activating group) is 1. The number of aromatic nitrogens is 2. The number of fused-ring (bicyclic) bond motifs is 1. The van der Waals surface area contributed by atoms with Gasteiger partial charge in [-0.1, -0.05) is 36.4 Å². The summed E-state index contributed by atoms with van der Waals surface area (Å²) >= 11 is 0. The predicted molar refractivity (Wildman–Crippen MR) is 114 cm³/mol. The predicted octanol–water partition coefficient (Wildman–Crippen LogP) is 2.05. The first-order valence-corrected chi connectivity index (χ1v) is 9.66. The molecule has 8 nitrogen and oxygen atoms in total. The molecule has 0 saturated heterocycles. The Bertz CT molecular complexity index is 1190. The molecule has 8 heteroatoms. The van der Waals surface area contributed by atoms with Crippen molar-refractivity contribution < 1.29 is 14.3 Å². The van der Waals surface area contributed by atoms with Gasteiger partial charge in [0.2, 0.25) is 0 Å². The lowest BCUT2D eigenvalue weighted by Gasteiger charge is -2.22. The number of H-pyrrole nitrogens is 2. The van der Waals surface area contributed by atoms with E-state index in [9.17, 15) is 19.2 Å². The maximum Gasteiger partial charge on any atom is 0.325 e. The molecule has 1 aromatic heterocycles. The van der Waals surface area contributed by atoms with Crippen LogP contribution >= 0.6 is 0 Å². The smallest absolute Gasteiger partial charge is 0.325 e. The molecule has 0 fully saturated rings. The van der Waals surface area contributed by atoms with Crippen LogP contribution in [-0.2, 0) is 20.7 Å². The lowest BCUT2D eigenvalue weighted by atomic mass is 10.1. The molecule has 2 aromatic carbocycles. The molecule has 0 bridgehead atoms. The fourth-order valence-electron chi connectivity index (χ4n) is 3.37. The molecule has 2 N–H and O–H groups in total. The molecule has 0 radical (unpaired) electrons. The number of ether oxygens (including phenoxy) is 1. The van der Waals surface area contributed by atoms with Crippen molar-refractivity contribution >= 4 is 28.3 Å². The number of esters is 1. The van der Waals surface area contributed by atoms with Gasteiger partial charge in [-0.05, 0) is 31.7 Å². The van der Waals surface area contributed by atoms with E-state index in [1.165, 1.54) is 0 Å². The molecular weight excluding hydrogens is 386 g/mol. The zero-order valence-corrected chi connectivity index (χ0v) is 16.9. The number of amides is 1. The summed E-state index contributed by atoms with van der Waals surface area (Å²) in [7, 11) is 0. The fraction of sp³-hybridized carbons (Fsp3) is 0.273. The van der Waals surface area contributed by atoms with Gasteiger partial charge in [-0.2, -0.15) is 0 Å². The molecule has 0 unspecified atom stereocenters. The Hall–Kier alpha value is -3.68. The van der Waals surface area contributed by atoms with Crippen LogP contribution in [0, 0.1) is 6.92 Å². The van der Waals surface area contributed by atoms with E-state index >= 15 is 0 Å². The van der Waals surface area contributed by atoms with E-state index in [0.29, 0.717) is 17.8 Å². The standard InChI is InChI=1S/C22H23N3O5/c1-3-25(18-10-6-8-15-7-4-5-9-17(15)18)19(26)13-30-20(27)12-11-16-14(2)23-22(29)24-21(16)28/h4-10H,3,11-13H2,1-2H3,(H2,23,24,28,29). The highest BCUT2D eigenvalue weighted by Gasteiger charge is 2.18. The van der Waals surface area contributed by atoms with E-state index in [2.05, 4.69) is 9.97 Å². The number of carbonyl (C=O) groups excluding carboxylic acids is 2. The Labute approximate surface area is 172 Å². The van der Waals surface area contributed by atoms with Crippen molar-refractivity contribution in [3.05, 3.63) is 74.6 Å². The highest BCUT2D eigenvalue weighted by atomic mass is 16.5. The Morgan fingerprint density at radius 1 is 1.03 bits per heavy atom. The molecule has 30 heavy (non-hydrogen) atoms. The third-order valence-electron chi connectivity index (χ3n) is 4.87. The average molecular weight is 409 g/mol. The highest BCUT2D eigenvalue weighted by molar-refractivity contribution is 6.04. The Kier molecular flexibility index (Phi) is 6.46. The first-order valence-electron chi connectivity index (χ1n) is 9.66. The maximum atomic E-state index is 12.7. The second-order valence-corrected chi connectivity index (χ2v) is 6.81. The summed E-state index contributed by atoms with van der Waals surface area (Å²) in [6, 6.07) is 13.5. The maximum absolute atomic E-state index is 12.7. The number of hydrogen-bond donors (Lipinski definition) is 2. The molecule has 1 amide bonds. The average Bonchev–Trinajstić information content (AvgIpc) is 2.72. The minimum absolute atomic E-state index is 0.0797. The monoisotopic (exact) mass is 409 g/mol. The van der Waals surface area contributed by atoms with Crippen molar-refractivity contribution in [2.45, 2.75) is 26.7 Å². The third-order valence-corrected chi connectivity index (χ3v) is 4.87. The summed E-state index contributed by atoms with van der Waals surface area (Å²) < 4.78 is 5.13. The van der Waals surface area contributed by atoms with Crippen LogP contribution in [0.5, 0.6) is 0 Å². The number of anilines is 1. The number of rotatable bonds is 7. The van der Waals surface area contributed by atoms with Crippen molar-refractivity contribution in [2.75, 3.05) is 18.1 Å². The van der Waals surface area contributed by atoms with Gasteiger partial charge in [-0.25, -0.2) is 4.79 Å². The highest BCUT2D eigenvalue weighted by Crippen LogP contribution is 2.26. The number of hydrogen-bond acceptors (Lipinski definition) is 5. The summed E-state index contributed by atoms with van der Waals surface area (Å²) in [5, 5.41) is 1.95. The third kappa shape index (κ3) is 4.65. The van der Waals surface area contributed by atoms with E-state index in [1.54, 1.807) is 11.8 Å². The molecule has 0 saturated carbocycles. The van der Waals surface area contributed by atoms with Crippen molar-refractivity contribution in [2.24, 2.45) is 0 Å². The first-order chi connectivity index (χ1) is 14.4. The number of aromatic amines is 2. The summed E-state index contributed by atoms with van der Waals surface area (Å²) in [4.78, 5) is 54.0. The number of carbonyl (C=O) groups is 2. The second kappa shape index (κ2) is 9.21. The minimum atomic E-state index is -0.595. The van der Waals surface area contributed by atoms with Gasteiger partial charge in [0.15, 0.2) is 6.61 Å². The van der Waals surface area contributed by atoms with Gasteiger partial charge < -0.3 is 14.6 Å². The zero-order valence-electron chi connectivity index (χ0n) is 16.9.